The van der Waals surface area contributed by atoms with Crippen LogP contribution in [-0.4, -0.2) is 61.0 Å². The number of nitrogens with zero attached hydrogens (tertiary/aromatic N) is 4. The Kier molecular flexibility index (Phi) is 5.52. The zero-order valence-electron chi connectivity index (χ0n) is 15.7. The maximum atomic E-state index is 13.4. The van der Waals surface area contributed by atoms with Crippen molar-refractivity contribution >= 4 is 34.5 Å². The van der Waals surface area contributed by atoms with Crippen molar-refractivity contribution < 1.29 is 24.1 Å². The average molecular weight is 437 g/mol. The molecule has 4 N–H and O–H groups in total. The summed E-state index contributed by atoms with van der Waals surface area (Å²) in [6.07, 6.45) is -3.86. The minimum atomic E-state index is -1.43. The van der Waals surface area contributed by atoms with Crippen LogP contribution in [0, 0.1) is 5.82 Å². The second-order valence-corrected chi connectivity index (χ2v) is 7.03. The van der Waals surface area contributed by atoms with Crippen molar-refractivity contribution in [1.29, 1.82) is 0 Å². The number of aliphatic hydroxyl groups is 2. The van der Waals surface area contributed by atoms with Gasteiger partial charge in [0.1, 0.15) is 18.0 Å². The van der Waals surface area contributed by atoms with Crippen molar-refractivity contribution in [1.82, 2.24) is 24.8 Å². The third-order valence-electron chi connectivity index (χ3n) is 4.76. The van der Waals surface area contributed by atoms with Gasteiger partial charge in [-0.05, 0) is 29.3 Å². The van der Waals surface area contributed by atoms with Crippen molar-refractivity contribution in [2.75, 3.05) is 12.4 Å². The van der Waals surface area contributed by atoms with E-state index in [1.54, 1.807) is 12.1 Å². The molecular weight excluding hydrogens is 419 g/mol. The van der Waals surface area contributed by atoms with Crippen LogP contribution in [-0.2, 0) is 16.1 Å². The number of amides is 1. The number of imidazole rings is 1. The predicted molar refractivity (Wildman–Crippen MR) is 104 cm³/mol. The van der Waals surface area contributed by atoms with Crippen LogP contribution in [0.4, 0.5) is 10.2 Å². The minimum Gasteiger partial charge on any atom is -0.387 e. The Labute approximate surface area is 174 Å². The summed E-state index contributed by atoms with van der Waals surface area (Å²) in [6, 6.07) is 6.07. The van der Waals surface area contributed by atoms with Gasteiger partial charge in [-0.1, -0.05) is 12.1 Å². The number of anilines is 1. The standard InChI is InChI=1S/C18H18ClFN6O4/c1-21-16(29)13-11(27)12(28)17(30-13)26-7-23-10-14(24-18(19)25-15(10)26)22-6-8-3-2-4-9(20)5-8/h2-5,7,11-13,17,27-28H,6H2,1H3,(H,21,29)(H,22,24,25)/t11-,12+,13-,17+/m0/s1. The molecule has 1 aliphatic heterocycles. The van der Waals surface area contributed by atoms with Crippen LogP contribution in [0.15, 0.2) is 30.6 Å². The molecule has 10 nitrogen and oxygen atoms in total. The molecule has 0 spiro atoms. The Bertz CT molecular complexity index is 1100. The summed E-state index contributed by atoms with van der Waals surface area (Å²) in [5.41, 5.74) is 1.23. The second-order valence-electron chi connectivity index (χ2n) is 6.69. The van der Waals surface area contributed by atoms with E-state index in [1.165, 1.54) is 30.1 Å². The molecule has 3 aromatic rings. The summed E-state index contributed by atoms with van der Waals surface area (Å²) in [5, 5.41) is 25.9. The highest BCUT2D eigenvalue weighted by Gasteiger charge is 2.47. The van der Waals surface area contributed by atoms with Gasteiger partial charge in [0.05, 0.1) is 6.33 Å². The van der Waals surface area contributed by atoms with Gasteiger partial charge in [-0.25, -0.2) is 9.37 Å². The number of hydrogen-bond acceptors (Lipinski definition) is 8. The summed E-state index contributed by atoms with van der Waals surface area (Å²) in [5.74, 6) is -0.636. The van der Waals surface area contributed by atoms with E-state index in [0.29, 0.717) is 16.9 Å². The summed E-state index contributed by atoms with van der Waals surface area (Å²) in [6.45, 7) is 0.257. The lowest BCUT2D eigenvalue weighted by Crippen LogP contribution is -2.41. The molecule has 0 bridgehead atoms. The fourth-order valence-electron chi connectivity index (χ4n) is 3.28. The van der Waals surface area contributed by atoms with Crippen molar-refractivity contribution in [3.63, 3.8) is 0 Å². The van der Waals surface area contributed by atoms with Crippen LogP contribution >= 0.6 is 11.6 Å². The highest BCUT2D eigenvalue weighted by Crippen LogP contribution is 2.33. The van der Waals surface area contributed by atoms with E-state index in [2.05, 4.69) is 25.6 Å². The fourth-order valence-corrected chi connectivity index (χ4v) is 3.44. The first-order valence-electron chi connectivity index (χ1n) is 9.00. The number of halogens is 2. The zero-order chi connectivity index (χ0) is 21.4. The number of likely N-dealkylation sites (N-methyl/N-ethyl adjacent to an activating group) is 1. The molecule has 158 valence electrons. The lowest BCUT2D eigenvalue weighted by Gasteiger charge is -2.16. The van der Waals surface area contributed by atoms with Crippen LogP contribution in [0.5, 0.6) is 0 Å². The number of fused-ring (bicyclic) bond motifs is 1. The molecule has 1 saturated heterocycles. The van der Waals surface area contributed by atoms with Gasteiger partial charge in [0.2, 0.25) is 5.28 Å². The summed E-state index contributed by atoms with van der Waals surface area (Å²) >= 11 is 6.05. The Balaban J connectivity index is 1.64. The fraction of sp³-hybridized carbons (Fsp3) is 0.333. The van der Waals surface area contributed by atoms with Crippen molar-refractivity contribution in [3.05, 3.63) is 47.3 Å². The second kappa shape index (κ2) is 8.11. The molecule has 0 unspecified atom stereocenters. The number of benzene rings is 1. The zero-order valence-corrected chi connectivity index (χ0v) is 16.4. The summed E-state index contributed by atoms with van der Waals surface area (Å²) < 4.78 is 20.3. The highest BCUT2D eigenvalue weighted by molar-refractivity contribution is 6.28. The van der Waals surface area contributed by atoms with E-state index in [9.17, 15) is 19.4 Å². The predicted octanol–water partition coefficient (Wildman–Crippen LogP) is 0.596. The lowest BCUT2D eigenvalue weighted by atomic mass is 10.1. The Morgan fingerprint density at radius 1 is 1.33 bits per heavy atom. The molecule has 0 aliphatic carbocycles. The van der Waals surface area contributed by atoms with Gasteiger partial charge in [-0.15, -0.1) is 0 Å². The maximum Gasteiger partial charge on any atom is 0.251 e. The largest absolute Gasteiger partial charge is 0.387 e. The topological polar surface area (TPSA) is 134 Å². The molecule has 1 fully saturated rings. The van der Waals surface area contributed by atoms with E-state index in [4.69, 9.17) is 16.3 Å². The van der Waals surface area contributed by atoms with Gasteiger partial charge in [0.15, 0.2) is 29.3 Å². The monoisotopic (exact) mass is 436 g/mol. The molecule has 2 aromatic heterocycles. The quantitative estimate of drug-likeness (QED) is 0.427. The normalized spacial score (nSPS) is 23.6. The van der Waals surface area contributed by atoms with Gasteiger partial charge < -0.3 is 25.6 Å². The first-order valence-corrected chi connectivity index (χ1v) is 9.38. The van der Waals surface area contributed by atoms with Gasteiger partial charge in [0, 0.05) is 13.6 Å². The Morgan fingerprint density at radius 2 is 2.13 bits per heavy atom. The molecular formula is C18H18ClFN6O4. The van der Waals surface area contributed by atoms with Gasteiger partial charge in [-0.2, -0.15) is 9.97 Å². The molecule has 3 heterocycles. The number of nitrogens with one attached hydrogen (secondary N) is 2. The van der Waals surface area contributed by atoms with Crippen LogP contribution in [0.1, 0.15) is 11.8 Å². The third kappa shape index (κ3) is 3.67. The third-order valence-corrected chi connectivity index (χ3v) is 4.93. The molecule has 12 heteroatoms. The van der Waals surface area contributed by atoms with Crippen LogP contribution in [0.2, 0.25) is 5.28 Å². The molecule has 1 aliphatic rings. The lowest BCUT2D eigenvalue weighted by molar-refractivity contribution is -0.137. The van der Waals surface area contributed by atoms with Gasteiger partial charge in [-0.3, -0.25) is 9.36 Å². The number of hydrogen-bond donors (Lipinski definition) is 4. The van der Waals surface area contributed by atoms with Crippen molar-refractivity contribution in [2.24, 2.45) is 0 Å². The van der Waals surface area contributed by atoms with Gasteiger partial charge in [0.25, 0.3) is 5.91 Å². The van der Waals surface area contributed by atoms with Crippen molar-refractivity contribution in [3.8, 4) is 0 Å². The van der Waals surface area contributed by atoms with Crippen LogP contribution < -0.4 is 10.6 Å². The number of aromatic nitrogens is 4. The van der Waals surface area contributed by atoms with E-state index in [-0.39, 0.29) is 23.3 Å². The number of carbonyl (C=O) groups excluding carboxylic acids is 1. The van der Waals surface area contributed by atoms with Crippen molar-refractivity contribution in [2.45, 2.75) is 31.1 Å². The smallest absolute Gasteiger partial charge is 0.251 e. The minimum absolute atomic E-state index is 0.0955. The van der Waals surface area contributed by atoms with Crippen LogP contribution in [0.25, 0.3) is 11.2 Å². The van der Waals surface area contributed by atoms with Gasteiger partial charge >= 0.3 is 0 Å². The molecule has 0 saturated carbocycles. The molecule has 30 heavy (non-hydrogen) atoms. The number of rotatable bonds is 5. The molecule has 1 amide bonds. The average Bonchev–Trinajstić information content (AvgIpc) is 3.27. The number of ether oxygens (including phenoxy) is 1. The summed E-state index contributed by atoms with van der Waals surface area (Å²) in [4.78, 5) is 24.4. The Morgan fingerprint density at radius 3 is 2.87 bits per heavy atom. The van der Waals surface area contributed by atoms with E-state index in [1.807, 2.05) is 0 Å². The Hall–Kier alpha value is -2.86. The first kappa shape index (κ1) is 20.4. The first-order chi connectivity index (χ1) is 14.4. The van der Waals surface area contributed by atoms with E-state index >= 15 is 0 Å². The maximum absolute atomic E-state index is 13.4. The number of carbonyl (C=O) groups is 1. The number of aliphatic hydroxyl groups excluding tert-OH is 2. The van der Waals surface area contributed by atoms with Crippen LogP contribution in [0.3, 0.4) is 0 Å². The highest BCUT2D eigenvalue weighted by atomic mass is 35.5. The van der Waals surface area contributed by atoms with E-state index < -0.39 is 30.4 Å². The molecule has 1 aromatic carbocycles. The molecule has 0 radical (unpaired) electrons. The molecule has 4 atom stereocenters. The SMILES string of the molecule is CNC(=O)[C@H]1O[C@@H](n2cnc3c(NCc4cccc(F)c4)nc(Cl)nc32)[C@H](O)[C@@H]1O. The summed E-state index contributed by atoms with van der Waals surface area (Å²) in [7, 11) is 1.40. The molecule has 4 rings (SSSR count). The van der Waals surface area contributed by atoms with E-state index in [0.717, 1.165) is 0 Å².